The van der Waals surface area contributed by atoms with Crippen molar-refractivity contribution in [2.24, 2.45) is 0 Å². The fourth-order valence-electron chi connectivity index (χ4n) is 1.95. The lowest BCUT2D eigenvalue weighted by molar-refractivity contribution is 0.505. The Bertz CT molecular complexity index is 604. The molecule has 1 N–H and O–H groups in total. The van der Waals surface area contributed by atoms with Crippen LogP contribution >= 0.6 is 34.2 Å². The molecule has 1 nitrogen and oxygen atoms in total. The lowest BCUT2D eigenvalue weighted by atomic mass is 9.98. The molecule has 0 fully saturated rings. The Balaban J connectivity index is 2.55. The molecule has 0 spiro atoms. The minimum Gasteiger partial charge on any atom is -0.309 e. The number of halogens is 4. The van der Waals surface area contributed by atoms with Gasteiger partial charge in [0, 0.05) is 8.59 Å². The molecule has 0 saturated carbocycles. The number of hydrogen-bond donors (Lipinski definition) is 1. The van der Waals surface area contributed by atoms with Crippen molar-refractivity contribution in [1.29, 1.82) is 0 Å². The first kappa shape index (κ1) is 14.7. The first-order valence-electron chi connectivity index (χ1n) is 5.60. The van der Waals surface area contributed by atoms with Crippen molar-refractivity contribution in [3.05, 3.63) is 67.8 Å². The van der Waals surface area contributed by atoms with Crippen LogP contribution < -0.4 is 5.32 Å². The third-order valence-electron chi connectivity index (χ3n) is 2.86. The summed E-state index contributed by atoms with van der Waals surface area (Å²) in [6.07, 6.45) is 0. The predicted octanol–water partition coefficient (Wildman–Crippen LogP) is 4.53. The van der Waals surface area contributed by atoms with Gasteiger partial charge < -0.3 is 5.32 Å². The summed E-state index contributed by atoms with van der Waals surface area (Å²) in [5.74, 6) is -1.84. The van der Waals surface area contributed by atoms with E-state index in [4.69, 9.17) is 11.6 Å². The van der Waals surface area contributed by atoms with Crippen LogP contribution in [0.5, 0.6) is 0 Å². The molecule has 1 atom stereocenters. The van der Waals surface area contributed by atoms with Crippen LogP contribution in [0.25, 0.3) is 0 Å². The number of benzene rings is 2. The van der Waals surface area contributed by atoms with Gasteiger partial charge in [0.1, 0.15) is 0 Å². The number of rotatable bonds is 3. The molecule has 19 heavy (non-hydrogen) atoms. The zero-order valence-electron chi connectivity index (χ0n) is 10.1. The maximum atomic E-state index is 13.4. The summed E-state index contributed by atoms with van der Waals surface area (Å²) in [4.78, 5) is 0. The largest absolute Gasteiger partial charge is 0.309 e. The van der Waals surface area contributed by atoms with Gasteiger partial charge in [-0.25, -0.2) is 8.78 Å². The van der Waals surface area contributed by atoms with E-state index in [-0.39, 0.29) is 11.1 Å². The van der Waals surface area contributed by atoms with E-state index in [1.54, 1.807) is 7.05 Å². The van der Waals surface area contributed by atoms with Crippen LogP contribution in [0.1, 0.15) is 17.2 Å². The summed E-state index contributed by atoms with van der Waals surface area (Å²) in [6, 6.07) is 9.57. The molecule has 0 saturated heterocycles. The van der Waals surface area contributed by atoms with Gasteiger partial charge in [0.2, 0.25) is 0 Å². The minimum absolute atomic E-state index is 0.206. The molecular weight excluding hydrogens is 383 g/mol. The topological polar surface area (TPSA) is 12.0 Å². The van der Waals surface area contributed by atoms with Gasteiger partial charge >= 0.3 is 0 Å². The fourth-order valence-corrected chi connectivity index (χ4v) is 2.91. The first-order valence-corrected chi connectivity index (χ1v) is 7.06. The van der Waals surface area contributed by atoms with Crippen molar-refractivity contribution in [1.82, 2.24) is 5.32 Å². The maximum absolute atomic E-state index is 13.4. The Morgan fingerprint density at radius 2 is 1.74 bits per heavy atom. The Labute approximate surface area is 129 Å². The predicted molar refractivity (Wildman–Crippen MR) is 81.4 cm³/mol. The van der Waals surface area contributed by atoms with Crippen LogP contribution in [0, 0.1) is 15.2 Å². The molecule has 0 heterocycles. The van der Waals surface area contributed by atoms with Crippen molar-refractivity contribution < 1.29 is 8.78 Å². The van der Waals surface area contributed by atoms with E-state index in [2.05, 4.69) is 27.9 Å². The number of hydrogen-bond acceptors (Lipinski definition) is 1. The zero-order chi connectivity index (χ0) is 14.0. The maximum Gasteiger partial charge on any atom is 0.160 e. The highest BCUT2D eigenvalue weighted by molar-refractivity contribution is 14.1. The molecule has 0 aliphatic heterocycles. The minimum atomic E-state index is -0.939. The first-order chi connectivity index (χ1) is 9.04. The summed E-state index contributed by atoms with van der Waals surface area (Å²) >= 11 is 8.23. The quantitative estimate of drug-likeness (QED) is 0.597. The summed E-state index contributed by atoms with van der Waals surface area (Å²) in [5, 5.41) is 3.29. The highest BCUT2D eigenvalue weighted by Gasteiger charge is 2.19. The molecule has 100 valence electrons. The normalized spacial score (nSPS) is 12.5. The van der Waals surface area contributed by atoms with Gasteiger partial charge in [0.15, 0.2) is 11.6 Å². The van der Waals surface area contributed by atoms with Crippen LogP contribution in [-0.4, -0.2) is 7.05 Å². The van der Waals surface area contributed by atoms with E-state index in [0.717, 1.165) is 21.3 Å². The van der Waals surface area contributed by atoms with E-state index < -0.39 is 11.6 Å². The Morgan fingerprint density at radius 1 is 1.11 bits per heavy atom. The van der Waals surface area contributed by atoms with Gasteiger partial charge in [-0.05, 0) is 59.0 Å². The van der Waals surface area contributed by atoms with Crippen molar-refractivity contribution in [3.63, 3.8) is 0 Å². The van der Waals surface area contributed by atoms with Gasteiger partial charge in [-0.1, -0.05) is 29.8 Å². The molecular formula is C14H11ClF2IN. The lowest BCUT2D eigenvalue weighted by Crippen LogP contribution is -2.19. The van der Waals surface area contributed by atoms with Crippen molar-refractivity contribution >= 4 is 34.2 Å². The van der Waals surface area contributed by atoms with E-state index in [9.17, 15) is 8.78 Å². The monoisotopic (exact) mass is 393 g/mol. The van der Waals surface area contributed by atoms with Gasteiger partial charge in [0.05, 0.1) is 6.04 Å². The molecule has 0 amide bonds. The summed E-state index contributed by atoms with van der Waals surface area (Å²) in [6.45, 7) is 0. The van der Waals surface area contributed by atoms with Gasteiger partial charge in [-0.2, -0.15) is 0 Å². The van der Waals surface area contributed by atoms with E-state index in [1.807, 2.05) is 24.3 Å². The van der Waals surface area contributed by atoms with Crippen LogP contribution in [0.4, 0.5) is 8.78 Å². The van der Waals surface area contributed by atoms with Gasteiger partial charge in [-0.15, -0.1) is 0 Å². The average Bonchev–Trinajstić information content (AvgIpc) is 2.38. The van der Waals surface area contributed by atoms with E-state index >= 15 is 0 Å². The third kappa shape index (κ3) is 3.07. The summed E-state index contributed by atoms with van der Waals surface area (Å²) in [5.41, 5.74) is 1.49. The van der Waals surface area contributed by atoms with Crippen molar-refractivity contribution in [2.75, 3.05) is 7.05 Å². The second-order valence-electron chi connectivity index (χ2n) is 4.03. The molecule has 5 heteroatoms. The van der Waals surface area contributed by atoms with Crippen LogP contribution in [0.15, 0.2) is 36.4 Å². The molecule has 0 aliphatic carbocycles. The van der Waals surface area contributed by atoms with Crippen LogP contribution in [0.3, 0.4) is 0 Å². The van der Waals surface area contributed by atoms with Gasteiger partial charge in [-0.3, -0.25) is 0 Å². The average molecular weight is 394 g/mol. The molecule has 2 aromatic rings. The molecule has 2 aromatic carbocycles. The Hall–Kier alpha value is -0.720. The molecule has 0 aliphatic rings. The third-order valence-corrected chi connectivity index (χ3v) is 4.17. The highest BCUT2D eigenvalue weighted by atomic mass is 127. The molecule has 0 radical (unpaired) electrons. The Kier molecular flexibility index (Phi) is 4.76. The van der Waals surface area contributed by atoms with Gasteiger partial charge in [0.25, 0.3) is 0 Å². The highest BCUT2D eigenvalue weighted by Crippen LogP contribution is 2.32. The van der Waals surface area contributed by atoms with E-state index in [0.29, 0.717) is 5.56 Å². The standard InChI is InChI=1S/C14H11ClF2IN/c1-19-14(8-4-2-3-5-13(8)18)9-6-11(16)12(17)7-10(9)15/h2-7,14,19H,1H3. The second-order valence-corrected chi connectivity index (χ2v) is 5.60. The molecule has 0 bridgehead atoms. The SMILES string of the molecule is CNC(c1cc(F)c(F)cc1Cl)c1ccccc1I. The van der Waals surface area contributed by atoms with Crippen molar-refractivity contribution in [3.8, 4) is 0 Å². The fraction of sp³-hybridized carbons (Fsp3) is 0.143. The summed E-state index contributed by atoms with van der Waals surface area (Å²) < 4.78 is 27.6. The zero-order valence-corrected chi connectivity index (χ0v) is 13.0. The smallest absolute Gasteiger partial charge is 0.160 e. The van der Waals surface area contributed by atoms with Crippen LogP contribution in [-0.2, 0) is 0 Å². The number of nitrogens with one attached hydrogen (secondary N) is 1. The second kappa shape index (κ2) is 6.15. The van der Waals surface area contributed by atoms with Crippen LogP contribution in [0.2, 0.25) is 5.02 Å². The molecule has 2 rings (SSSR count). The van der Waals surface area contributed by atoms with E-state index in [1.165, 1.54) is 0 Å². The Morgan fingerprint density at radius 3 is 2.37 bits per heavy atom. The molecule has 0 aromatic heterocycles. The molecule has 1 unspecified atom stereocenters. The summed E-state index contributed by atoms with van der Waals surface area (Å²) in [7, 11) is 1.76. The lowest BCUT2D eigenvalue weighted by Gasteiger charge is -2.20. The van der Waals surface area contributed by atoms with Crippen molar-refractivity contribution in [2.45, 2.75) is 6.04 Å².